The van der Waals surface area contributed by atoms with E-state index in [9.17, 15) is 9.59 Å². The maximum absolute atomic E-state index is 10.7. The molecule has 0 saturated heterocycles. The molecule has 1 aliphatic rings. The van der Waals surface area contributed by atoms with Crippen LogP contribution in [0.25, 0.3) is 0 Å². The van der Waals surface area contributed by atoms with Crippen LogP contribution in [0.4, 0.5) is 0 Å². The Labute approximate surface area is 82.2 Å². The van der Waals surface area contributed by atoms with E-state index in [0.29, 0.717) is 12.8 Å². The lowest BCUT2D eigenvalue weighted by Crippen LogP contribution is -2.17. The molecule has 78 valence electrons. The minimum Gasteiger partial charge on any atom is -0.481 e. The van der Waals surface area contributed by atoms with Crippen molar-refractivity contribution in [2.45, 2.75) is 25.7 Å². The molecular formula is C10H14O4. The average Bonchev–Trinajstić information content (AvgIpc) is 2.01. The lowest BCUT2D eigenvalue weighted by molar-refractivity contribution is -0.142. The Morgan fingerprint density at radius 3 is 1.57 bits per heavy atom. The van der Waals surface area contributed by atoms with E-state index in [-0.39, 0.29) is 0 Å². The monoisotopic (exact) mass is 198 g/mol. The predicted octanol–water partition coefficient (Wildman–Crippen LogP) is 1.52. The summed E-state index contributed by atoms with van der Waals surface area (Å²) in [6.07, 6.45) is 5.81. The highest BCUT2D eigenvalue weighted by atomic mass is 16.4. The summed E-state index contributed by atoms with van der Waals surface area (Å²) in [5.41, 5.74) is 0. The van der Waals surface area contributed by atoms with Crippen molar-refractivity contribution in [3.8, 4) is 0 Å². The van der Waals surface area contributed by atoms with Gasteiger partial charge in [-0.05, 0) is 12.8 Å². The van der Waals surface area contributed by atoms with Gasteiger partial charge in [0.05, 0.1) is 11.8 Å². The highest BCUT2D eigenvalue weighted by molar-refractivity contribution is 5.74. The fourth-order valence-electron chi connectivity index (χ4n) is 1.60. The van der Waals surface area contributed by atoms with E-state index in [1.54, 1.807) is 0 Å². The van der Waals surface area contributed by atoms with Crippen molar-refractivity contribution in [2.75, 3.05) is 0 Å². The van der Waals surface area contributed by atoms with Gasteiger partial charge >= 0.3 is 11.9 Å². The summed E-state index contributed by atoms with van der Waals surface area (Å²) < 4.78 is 0. The van der Waals surface area contributed by atoms with Crippen LogP contribution in [0.3, 0.4) is 0 Å². The SMILES string of the molecule is O=C(O)C1/C=C\C(C(=O)O)CCCC1. The molecule has 2 atom stereocenters. The van der Waals surface area contributed by atoms with Crippen molar-refractivity contribution in [1.82, 2.24) is 0 Å². The first kappa shape index (κ1) is 10.8. The Hall–Kier alpha value is -1.32. The van der Waals surface area contributed by atoms with Crippen LogP contribution in [0.15, 0.2) is 12.2 Å². The van der Waals surface area contributed by atoms with Gasteiger partial charge in [-0.3, -0.25) is 9.59 Å². The molecule has 0 radical (unpaired) electrons. The number of rotatable bonds is 2. The van der Waals surface area contributed by atoms with Gasteiger partial charge < -0.3 is 10.2 Å². The molecule has 0 aromatic rings. The van der Waals surface area contributed by atoms with Gasteiger partial charge in [-0.1, -0.05) is 25.0 Å². The maximum Gasteiger partial charge on any atom is 0.310 e. The molecule has 0 fully saturated rings. The summed E-state index contributed by atoms with van der Waals surface area (Å²) in [6, 6.07) is 0. The second kappa shape index (κ2) is 4.79. The smallest absolute Gasteiger partial charge is 0.310 e. The van der Waals surface area contributed by atoms with Crippen molar-refractivity contribution in [3.63, 3.8) is 0 Å². The van der Waals surface area contributed by atoms with Gasteiger partial charge in [-0.15, -0.1) is 0 Å². The van der Waals surface area contributed by atoms with Crippen molar-refractivity contribution < 1.29 is 19.8 Å². The van der Waals surface area contributed by atoms with E-state index in [2.05, 4.69) is 0 Å². The van der Waals surface area contributed by atoms with Gasteiger partial charge in [0.1, 0.15) is 0 Å². The van der Waals surface area contributed by atoms with E-state index in [4.69, 9.17) is 10.2 Å². The zero-order valence-corrected chi connectivity index (χ0v) is 7.85. The summed E-state index contributed by atoms with van der Waals surface area (Å²) in [5, 5.41) is 17.6. The second-order valence-electron chi connectivity index (χ2n) is 3.56. The van der Waals surface area contributed by atoms with Crippen molar-refractivity contribution >= 4 is 11.9 Å². The molecule has 4 heteroatoms. The lowest BCUT2D eigenvalue weighted by atomic mass is 9.91. The molecule has 1 aliphatic carbocycles. The van der Waals surface area contributed by atoms with Gasteiger partial charge in [0, 0.05) is 0 Å². The van der Waals surface area contributed by atoms with Crippen LogP contribution < -0.4 is 0 Å². The zero-order valence-electron chi connectivity index (χ0n) is 7.85. The van der Waals surface area contributed by atoms with Crippen molar-refractivity contribution in [2.24, 2.45) is 11.8 Å². The fourth-order valence-corrected chi connectivity index (χ4v) is 1.60. The topological polar surface area (TPSA) is 74.6 Å². The Kier molecular flexibility index (Phi) is 3.68. The van der Waals surface area contributed by atoms with Crippen LogP contribution in [0.2, 0.25) is 0 Å². The third-order valence-corrected chi connectivity index (χ3v) is 2.49. The van der Waals surface area contributed by atoms with Gasteiger partial charge in [0.15, 0.2) is 0 Å². The van der Waals surface area contributed by atoms with Gasteiger partial charge in [-0.25, -0.2) is 0 Å². The van der Waals surface area contributed by atoms with E-state index in [0.717, 1.165) is 12.8 Å². The minimum absolute atomic E-state index is 0.517. The second-order valence-corrected chi connectivity index (χ2v) is 3.56. The molecule has 0 aromatic heterocycles. The first-order valence-corrected chi connectivity index (χ1v) is 4.75. The molecule has 14 heavy (non-hydrogen) atoms. The number of carboxylic acids is 2. The van der Waals surface area contributed by atoms with Gasteiger partial charge in [0.25, 0.3) is 0 Å². The summed E-state index contributed by atoms with van der Waals surface area (Å²) in [6.45, 7) is 0. The molecule has 0 amide bonds. The standard InChI is InChI=1S/C10H14O4/c11-9(12)7-3-1-2-4-8(6-5-7)10(13)14/h5-8H,1-4H2,(H,11,12)(H,13,14)/b6-5-. The molecule has 0 spiro atoms. The third kappa shape index (κ3) is 2.87. The largest absolute Gasteiger partial charge is 0.481 e. The Morgan fingerprint density at radius 2 is 1.29 bits per heavy atom. The van der Waals surface area contributed by atoms with Crippen LogP contribution in [0, 0.1) is 11.8 Å². The molecular weight excluding hydrogens is 184 g/mol. The Morgan fingerprint density at radius 1 is 0.929 bits per heavy atom. The normalized spacial score (nSPS) is 30.0. The summed E-state index contributed by atoms with van der Waals surface area (Å²) in [7, 11) is 0. The highest BCUT2D eigenvalue weighted by Gasteiger charge is 2.20. The predicted molar refractivity (Wildman–Crippen MR) is 49.9 cm³/mol. The van der Waals surface area contributed by atoms with Crippen LogP contribution in [0.5, 0.6) is 0 Å². The van der Waals surface area contributed by atoms with Crippen LogP contribution in [-0.4, -0.2) is 22.2 Å². The summed E-state index contributed by atoms with van der Waals surface area (Å²) in [4.78, 5) is 21.4. The van der Waals surface area contributed by atoms with E-state index < -0.39 is 23.8 Å². The van der Waals surface area contributed by atoms with Gasteiger partial charge in [-0.2, -0.15) is 0 Å². The molecule has 0 aliphatic heterocycles. The highest BCUT2D eigenvalue weighted by Crippen LogP contribution is 2.20. The van der Waals surface area contributed by atoms with Crippen molar-refractivity contribution in [1.29, 1.82) is 0 Å². The van der Waals surface area contributed by atoms with Crippen LogP contribution in [-0.2, 0) is 9.59 Å². The quantitative estimate of drug-likeness (QED) is 0.659. The van der Waals surface area contributed by atoms with E-state index in [1.165, 1.54) is 12.2 Å². The van der Waals surface area contributed by atoms with E-state index in [1.807, 2.05) is 0 Å². The summed E-state index contributed by atoms with van der Waals surface area (Å²) >= 11 is 0. The molecule has 0 bridgehead atoms. The maximum atomic E-state index is 10.7. The first-order valence-electron chi connectivity index (χ1n) is 4.75. The molecule has 1 rings (SSSR count). The third-order valence-electron chi connectivity index (χ3n) is 2.49. The fraction of sp³-hybridized carbons (Fsp3) is 0.600. The molecule has 0 saturated carbocycles. The Bertz CT molecular complexity index is 231. The average molecular weight is 198 g/mol. The van der Waals surface area contributed by atoms with Gasteiger partial charge in [0.2, 0.25) is 0 Å². The molecule has 0 aromatic carbocycles. The Balaban J connectivity index is 2.69. The first-order chi connectivity index (χ1) is 6.61. The molecule has 4 nitrogen and oxygen atoms in total. The van der Waals surface area contributed by atoms with E-state index >= 15 is 0 Å². The number of carbonyl (C=O) groups is 2. The van der Waals surface area contributed by atoms with Crippen LogP contribution >= 0.6 is 0 Å². The molecule has 0 heterocycles. The number of carboxylic acid groups (broad SMARTS) is 2. The number of hydrogen-bond acceptors (Lipinski definition) is 2. The molecule has 2 N–H and O–H groups in total. The van der Waals surface area contributed by atoms with Crippen LogP contribution in [0.1, 0.15) is 25.7 Å². The zero-order chi connectivity index (χ0) is 10.6. The minimum atomic E-state index is -0.868. The lowest BCUT2D eigenvalue weighted by Gasteiger charge is -2.14. The number of aliphatic carboxylic acids is 2. The molecule has 2 unspecified atom stereocenters. The number of hydrogen-bond donors (Lipinski definition) is 2. The van der Waals surface area contributed by atoms with Crippen molar-refractivity contribution in [3.05, 3.63) is 12.2 Å². The summed E-state index contributed by atoms with van der Waals surface area (Å²) in [5.74, 6) is -2.77.